The van der Waals surface area contributed by atoms with Crippen molar-refractivity contribution in [1.82, 2.24) is 15.1 Å². The Morgan fingerprint density at radius 1 is 1.19 bits per heavy atom. The summed E-state index contributed by atoms with van der Waals surface area (Å²) in [6.07, 6.45) is 8.86. The molecule has 2 fully saturated rings. The number of hydrogen-bond acceptors (Lipinski definition) is 4. The molecule has 0 spiro atoms. The lowest BCUT2D eigenvalue weighted by atomic mass is 10.1. The smallest absolute Gasteiger partial charge is 0.169 e. The maximum atomic E-state index is 5.99. The molecule has 1 saturated heterocycles. The summed E-state index contributed by atoms with van der Waals surface area (Å²) in [4.78, 5) is 4.89. The summed E-state index contributed by atoms with van der Waals surface area (Å²) in [5.74, 6) is 0.966. The Balaban J connectivity index is 1.68. The van der Waals surface area contributed by atoms with Gasteiger partial charge >= 0.3 is 0 Å². The van der Waals surface area contributed by atoms with Crippen molar-refractivity contribution in [2.24, 2.45) is 0 Å². The van der Waals surface area contributed by atoms with Crippen LogP contribution in [0.2, 0.25) is 0 Å². The average molecular weight is 448 g/mol. The standard InChI is InChI=1S/C25H41N3O2S/c1-3-30-24-14-9-8-13-23(24)21(2)28(16-10-15-27-17-19-29-20-18-27)25(31)26-22-11-6-4-5-7-12-22/h8-9,13-14,21-22H,3-7,10-12,15-20H2,1-2H3,(H,26,31)/t21-/m0/s1. The van der Waals surface area contributed by atoms with E-state index in [0.717, 1.165) is 56.7 Å². The Kier molecular flexibility index (Phi) is 10.4. The molecule has 1 atom stereocenters. The fraction of sp³-hybridized carbons (Fsp3) is 0.720. The Labute approximate surface area is 194 Å². The summed E-state index contributed by atoms with van der Waals surface area (Å²) in [7, 11) is 0. The van der Waals surface area contributed by atoms with E-state index >= 15 is 0 Å². The minimum atomic E-state index is 0.165. The minimum absolute atomic E-state index is 0.165. The molecule has 1 aliphatic carbocycles. The number of hydrogen-bond donors (Lipinski definition) is 1. The normalized spacial score (nSPS) is 19.4. The largest absolute Gasteiger partial charge is 0.494 e. The van der Waals surface area contributed by atoms with Crippen molar-refractivity contribution in [1.29, 1.82) is 0 Å². The molecular formula is C25H41N3O2S. The van der Waals surface area contributed by atoms with Gasteiger partial charge in [0.2, 0.25) is 0 Å². The molecule has 0 bridgehead atoms. The Morgan fingerprint density at radius 3 is 2.61 bits per heavy atom. The second kappa shape index (κ2) is 13.2. The Bertz CT molecular complexity index is 658. The van der Waals surface area contributed by atoms with Gasteiger partial charge in [0.25, 0.3) is 0 Å². The second-order valence-electron chi connectivity index (χ2n) is 8.79. The van der Waals surface area contributed by atoms with E-state index in [1.165, 1.54) is 44.1 Å². The van der Waals surface area contributed by atoms with E-state index < -0.39 is 0 Å². The van der Waals surface area contributed by atoms with Gasteiger partial charge in [-0.1, -0.05) is 43.9 Å². The van der Waals surface area contributed by atoms with Crippen molar-refractivity contribution >= 4 is 17.3 Å². The molecule has 1 heterocycles. The van der Waals surface area contributed by atoms with E-state index in [1.807, 2.05) is 13.0 Å². The van der Waals surface area contributed by atoms with Crippen LogP contribution < -0.4 is 10.1 Å². The zero-order valence-electron chi connectivity index (χ0n) is 19.5. The highest BCUT2D eigenvalue weighted by atomic mass is 32.1. The van der Waals surface area contributed by atoms with Crippen LogP contribution in [0.5, 0.6) is 5.75 Å². The first-order valence-corrected chi connectivity index (χ1v) is 12.7. The molecule has 5 nitrogen and oxygen atoms in total. The molecule has 31 heavy (non-hydrogen) atoms. The Hall–Kier alpha value is -1.37. The molecule has 3 rings (SSSR count). The quantitative estimate of drug-likeness (QED) is 0.434. The van der Waals surface area contributed by atoms with Crippen LogP contribution in [0.15, 0.2) is 24.3 Å². The van der Waals surface area contributed by atoms with Crippen LogP contribution in [0.4, 0.5) is 0 Å². The van der Waals surface area contributed by atoms with Crippen LogP contribution in [0.25, 0.3) is 0 Å². The molecule has 6 heteroatoms. The van der Waals surface area contributed by atoms with Crippen molar-refractivity contribution < 1.29 is 9.47 Å². The highest BCUT2D eigenvalue weighted by Gasteiger charge is 2.24. The minimum Gasteiger partial charge on any atom is -0.494 e. The number of para-hydroxylation sites is 1. The number of nitrogens with zero attached hydrogens (tertiary/aromatic N) is 2. The molecule has 0 amide bonds. The fourth-order valence-electron chi connectivity index (χ4n) is 4.72. The zero-order valence-corrected chi connectivity index (χ0v) is 20.3. The molecule has 174 valence electrons. The third-order valence-electron chi connectivity index (χ3n) is 6.56. The van der Waals surface area contributed by atoms with Crippen molar-refractivity contribution in [3.8, 4) is 5.75 Å². The van der Waals surface area contributed by atoms with Gasteiger partial charge in [0.05, 0.1) is 25.9 Å². The first kappa shape index (κ1) is 24.3. The summed E-state index contributed by atoms with van der Waals surface area (Å²) in [5.41, 5.74) is 1.21. The summed E-state index contributed by atoms with van der Waals surface area (Å²) in [6, 6.07) is 9.07. The van der Waals surface area contributed by atoms with Crippen molar-refractivity contribution in [2.75, 3.05) is 46.0 Å². The molecule has 0 radical (unpaired) electrons. The first-order chi connectivity index (χ1) is 15.2. The van der Waals surface area contributed by atoms with Crippen LogP contribution >= 0.6 is 12.2 Å². The third-order valence-corrected chi connectivity index (χ3v) is 6.91. The number of ether oxygens (including phenoxy) is 2. The Morgan fingerprint density at radius 2 is 1.90 bits per heavy atom. The van der Waals surface area contributed by atoms with Gasteiger partial charge in [-0.3, -0.25) is 4.90 Å². The topological polar surface area (TPSA) is 37.0 Å². The maximum Gasteiger partial charge on any atom is 0.169 e. The lowest BCUT2D eigenvalue weighted by Gasteiger charge is -2.35. The lowest BCUT2D eigenvalue weighted by molar-refractivity contribution is 0.0365. The molecule has 1 aliphatic heterocycles. The van der Waals surface area contributed by atoms with E-state index in [0.29, 0.717) is 12.6 Å². The predicted octanol–water partition coefficient (Wildman–Crippen LogP) is 4.77. The molecule has 2 aliphatic rings. The summed E-state index contributed by atoms with van der Waals surface area (Å²) in [5, 5.41) is 4.63. The summed E-state index contributed by atoms with van der Waals surface area (Å²) >= 11 is 5.99. The van der Waals surface area contributed by atoms with Crippen molar-refractivity contribution in [2.45, 2.75) is 70.9 Å². The highest BCUT2D eigenvalue weighted by molar-refractivity contribution is 7.80. The van der Waals surface area contributed by atoms with Gasteiger partial charge in [0.15, 0.2) is 5.11 Å². The van der Waals surface area contributed by atoms with Gasteiger partial charge in [-0.25, -0.2) is 0 Å². The fourth-order valence-corrected chi connectivity index (χ4v) is 5.14. The number of nitrogens with one attached hydrogen (secondary N) is 1. The van der Waals surface area contributed by atoms with Crippen molar-refractivity contribution in [3.05, 3.63) is 29.8 Å². The molecule has 1 N–H and O–H groups in total. The number of thiocarbonyl (C=S) groups is 1. The molecule has 1 aromatic rings. The maximum absolute atomic E-state index is 5.99. The number of benzene rings is 1. The molecular weight excluding hydrogens is 406 g/mol. The van der Waals surface area contributed by atoms with Crippen LogP contribution in [0.1, 0.15) is 70.4 Å². The van der Waals surface area contributed by atoms with Gasteiger partial charge < -0.3 is 19.7 Å². The van der Waals surface area contributed by atoms with Crippen LogP contribution in [0.3, 0.4) is 0 Å². The average Bonchev–Trinajstić information content (AvgIpc) is 3.06. The summed E-state index contributed by atoms with van der Waals surface area (Å²) in [6.45, 7) is 10.8. The van der Waals surface area contributed by atoms with E-state index in [2.05, 4.69) is 40.2 Å². The van der Waals surface area contributed by atoms with Gasteiger partial charge in [-0.05, 0) is 51.4 Å². The third kappa shape index (κ3) is 7.62. The lowest BCUT2D eigenvalue weighted by Crippen LogP contribution is -2.46. The number of rotatable bonds is 9. The van der Waals surface area contributed by atoms with Crippen molar-refractivity contribution in [3.63, 3.8) is 0 Å². The van der Waals surface area contributed by atoms with E-state index in [-0.39, 0.29) is 6.04 Å². The van der Waals surface area contributed by atoms with Crippen LogP contribution in [-0.2, 0) is 4.74 Å². The van der Waals surface area contributed by atoms with Gasteiger partial charge in [-0.15, -0.1) is 0 Å². The zero-order chi connectivity index (χ0) is 21.9. The highest BCUT2D eigenvalue weighted by Crippen LogP contribution is 2.30. The molecule has 0 aromatic heterocycles. The SMILES string of the molecule is CCOc1ccccc1[C@H](C)N(CCCN1CCOCC1)C(=S)NC1CCCCCC1. The van der Waals surface area contributed by atoms with Crippen LogP contribution in [0, 0.1) is 0 Å². The second-order valence-corrected chi connectivity index (χ2v) is 9.17. The monoisotopic (exact) mass is 447 g/mol. The van der Waals surface area contributed by atoms with Gasteiger partial charge in [0.1, 0.15) is 5.75 Å². The molecule has 1 aromatic carbocycles. The van der Waals surface area contributed by atoms with Gasteiger partial charge in [0, 0.05) is 37.8 Å². The molecule has 1 saturated carbocycles. The summed E-state index contributed by atoms with van der Waals surface area (Å²) < 4.78 is 11.4. The van der Waals surface area contributed by atoms with E-state index in [1.54, 1.807) is 0 Å². The first-order valence-electron chi connectivity index (χ1n) is 12.3. The van der Waals surface area contributed by atoms with Gasteiger partial charge in [-0.2, -0.15) is 0 Å². The van der Waals surface area contributed by atoms with Crippen LogP contribution in [-0.4, -0.2) is 67.0 Å². The predicted molar refractivity (Wildman–Crippen MR) is 132 cm³/mol. The van der Waals surface area contributed by atoms with E-state index in [9.17, 15) is 0 Å². The molecule has 0 unspecified atom stereocenters. The van der Waals surface area contributed by atoms with E-state index in [4.69, 9.17) is 21.7 Å². The number of morpholine rings is 1.